The van der Waals surface area contributed by atoms with E-state index in [1.165, 1.54) is 0 Å². The van der Waals surface area contributed by atoms with E-state index in [1.54, 1.807) is 0 Å². The number of hydrogen-bond donors (Lipinski definition) is 0. The van der Waals surface area contributed by atoms with Gasteiger partial charge < -0.3 is 4.43 Å². The molecular formula is C15H30OSi. The highest BCUT2D eigenvalue weighted by Gasteiger charge is 2.46. The number of allylic oxidation sites excluding steroid dienone is 2. The van der Waals surface area contributed by atoms with Gasteiger partial charge in [0, 0.05) is 0 Å². The van der Waals surface area contributed by atoms with Gasteiger partial charge in [0.25, 0.3) is 8.32 Å². The summed E-state index contributed by atoms with van der Waals surface area (Å²) in [5, 5.41) is 0. The molecule has 1 nitrogen and oxygen atoms in total. The molecule has 0 atom stereocenters. The van der Waals surface area contributed by atoms with E-state index in [0.717, 1.165) is 12.2 Å². The smallest absolute Gasteiger partial charge is 0.258 e. The Balaban J connectivity index is 5.06. The maximum absolute atomic E-state index is 6.38. The van der Waals surface area contributed by atoms with Crippen LogP contribution in [0.25, 0.3) is 0 Å². The molecule has 0 radical (unpaired) electrons. The van der Waals surface area contributed by atoms with E-state index in [9.17, 15) is 0 Å². The van der Waals surface area contributed by atoms with E-state index < -0.39 is 8.32 Å². The Labute approximate surface area is 109 Å². The molecular weight excluding hydrogens is 224 g/mol. The Bertz CT molecular complexity index is 242. The lowest BCUT2D eigenvalue weighted by atomic mass is 10.4. The predicted octanol–water partition coefficient (Wildman–Crippen LogP) is 5.66. The van der Waals surface area contributed by atoms with Crippen LogP contribution in [0, 0.1) is 0 Å². The van der Waals surface area contributed by atoms with Gasteiger partial charge in [-0.25, -0.2) is 0 Å². The topological polar surface area (TPSA) is 9.23 Å². The van der Waals surface area contributed by atoms with Crippen LogP contribution in [0.15, 0.2) is 24.5 Å². The lowest BCUT2D eigenvalue weighted by Crippen LogP contribution is -2.47. The molecule has 0 aromatic carbocycles. The molecule has 0 heterocycles. The second-order valence-corrected chi connectivity index (χ2v) is 11.1. The molecule has 0 rings (SSSR count). The quantitative estimate of drug-likeness (QED) is 0.324. The zero-order valence-corrected chi connectivity index (χ0v) is 13.7. The van der Waals surface area contributed by atoms with Crippen molar-refractivity contribution >= 4 is 8.32 Å². The van der Waals surface area contributed by atoms with Gasteiger partial charge in [-0.1, -0.05) is 61.1 Å². The predicted molar refractivity (Wildman–Crippen MR) is 80.7 cm³/mol. The van der Waals surface area contributed by atoms with Crippen LogP contribution in [0.2, 0.25) is 16.6 Å². The molecule has 0 fully saturated rings. The normalized spacial score (nSPS) is 13.1. The monoisotopic (exact) mass is 254 g/mol. The SMILES string of the molecule is C=C(/C=C/CC)O[Si](C(C)C)(C(C)C)C(C)C. The van der Waals surface area contributed by atoms with Gasteiger partial charge in [0.15, 0.2) is 0 Å². The molecule has 0 N–H and O–H groups in total. The van der Waals surface area contributed by atoms with Crippen molar-refractivity contribution in [3.63, 3.8) is 0 Å². The lowest BCUT2D eigenvalue weighted by molar-refractivity contribution is 0.388. The third kappa shape index (κ3) is 4.02. The van der Waals surface area contributed by atoms with Crippen LogP contribution >= 0.6 is 0 Å². The Hall–Kier alpha value is -0.503. The van der Waals surface area contributed by atoms with E-state index in [0.29, 0.717) is 16.6 Å². The van der Waals surface area contributed by atoms with E-state index in [-0.39, 0.29) is 0 Å². The minimum absolute atomic E-state index is 0.606. The molecule has 2 heteroatoms. The average Bonchev–Trinajstić information content (AvgIpc) is 2.21. The van der Waals surface area contributed by atoms with E-state index in [4.69, 9.17) is 4.43 Å². The van der Waals surface area contributed by atoms with Gasteiger partial charge in [-0.3, -0.25) is 0 Å². The molecule has 0 aromatic heterocycles. The average molecular weight is 254 g/mol. The van der Waals surface area contributed by atoms with Crippen molar-refractivity contribution in [3.05, 3.63) is 24.5 Å². The van der Waals surface area contributed by atoms with Crippen LogP contribution in [0.3, 0.4) is 0 Å². The fourth-order valence-electron chi connectivity index (χ4n) is 2.86. The molecule has 0 bridgehead atoms. The molecule has 0 aliphatic carbocycles. The minimum atomic E-state index is -1.79. The fraction of sp³-hybridized carbons (Fsp3) is 0.733. The summed E-state index contributed by atoms with van der Waals surface area (Å²) < 4.78 is 6.38. The number of rotatable bonds is 7. The lowest BCUT2D eigenvalue weighted by Gasteiger charge is -2.42. The summed E-state index contributed by atoms with van der Waals surface area (Å²) in [4.78, 5) is 0. The fourth-order valence-corrected chi connectivity index (χ4v) is 8.09. The molecule has 0 saturated heterocycles. The molecule has 0 aromatic rings. The summed E-state index contributed by atoms with van der Waals surface area (Å²) in [5.41, 5.74) is 1.82. The first-order valence-electron chi connectivity index (χ1n) is 6.83. The molecule has 0 unspecified atom stereocenters. The third-order valence-corrected chi connectivity index (χ3v) is 9.58. The zero-order chi connectivity index (χ0) is 13.6. The first-order valence-corrected chi connectivity index (χ1v) is 8.97. The first kappa shape index (κ1) is 16.5. The van der Waals surface area contributed by atoms with Gasteiger partial charge >= 0.3 is 0 Å². The Morgan fingerprint density at radius 1 is 1.06 bits per heavy atom. The van der Waals surface area contributed by atoms with Crippen LogP contribution in [0.4, 0.5) is 0 Å². The van der Waals surface area contributed by atoms with Crippen molar-refractivity contribution in [2.75, 3.05) is 0 Å². The van der Waals surface area contributed by atoms with Gasteiger partial charge in [-0.15, -0.1) is 0 Å². The summed E-state index contributed by atoms with van der Waals surface area (Å²) in [7, 11) is -1.79. The molecule has 0 saturated carbocycles. The van der Waals surface area contributed by atoms with Gasteiger partial charge in [0.2, 0.25) is 0 Å². The Kier molecular flexibility index (Phi) is 6.84. The van der Waals surface area contributed by atoms with Crippen molar-refractivity contribution in [2.45, 2.75) is 71.5 Å². The van der Waals surface area contributed by atoms with E-state index >= 15 is 0 Å². The first-order chi connectivity index (χ1) is 7.78. The van der Waals surface area contributed by atoms with Gasteiger partial charge in [0.05, 0.1) is 5.76 Å². The molecule has 0 amide bonds. The van der Waals surface area contributed by atoms with Crippen molar-refractivity contribution in [1.29, 1.82) is 0 Å². The van der Waals surface area contributed by atoms with Crippen molar-refractivity contribution in [3.8, 4) is 0 Å². The van der Waals surface area contributed by atoms with Crippen LogP contribution in [0.1, 0.15) is 54.9 Å². The standard InChI is InChI=1S/C15H30OSi/c1-9-10-11-15(8)16-17(12(2)3,13(4)5)14(6)7/h10-14H,8-9H2,1-7H3/b11-10+. The van der Waals surface area contributed by atoms with Crippen molar-refractivity contribution in [2.24, 2.45) is 0 Å². The number of hydrogen-bond acceptors (Lipinski definition) is 1. The third-order valence-electron chi connectivity index (χ3n) is 3.55. The summed E-state index contributed by atoms with van der Waals surface area (Å²) in [5.74, 6) is 0.842. The highest BCUT2D eigenvalue weighted by Crippen LogP contribution is 2.43. The Morgan fingerprint density at radius 2 is 1.47 bits per heavy atom. The van der Waals surface area contributed by atoms with Gasteiger partial charge in [-0.05, 0) is 29.1 Å². The van der Waals surface area contributed by atoms with Crippen LogP contribution in [-0.4, -0.2) is 8.32 Å². The summed E-state index contributed by atoms with van der Waals surface area (Å²) in [6.45, 7) is 19.9. The maximum Gasteiger partial charge on any atom is 0.258 e. The second kappa shape index (κ2) is 7.05. The molecule has 0 spiro atoms. The van der Waals surface area contributed by atoms with Gasteiger partial charge in [-0.2, -0.15) is 0 Å². The van der Waals surface area contributed by atoms with Crippen molar-refractivity contribution in [1.82, 2.24) is 0 Å². The molecule has 0 aliphatic heterocycles. The highest BCUT2D eigenvalue weighted by atomic mass is 28.4. The molecule has 17 heavy (non-hydrogen) atoms. The summed E-state index contributed by atoms with van der Waals surface area (Å²) in [6.07, 6.45) is 5.17. The Morgan fingerprint density at radius 3 is 1.76 bits per heavy atom. The summed E-state index contributed by atoms with van der Waals surface area (Å²) in [6, 6.07) is 0. The second-order valence-electron chi connectivity index (χ2n) is 5.70. The van der Waals surface area contributed by atoms with Crippen LogP contribution in [0.5, 0.6) is 0 Å². The van der Waals surface area contributed by atoms with E-state index in [2.05, 4.69) is 61.1 Å². The minimum Gasteiger partial charge on any atom is -0.543 e. The van der Waals surface area contributed by atoms with Crippen LogP contribution < -0.4 is 0 Å². The van der Waals surface area contributed by atoms with Crippen molar-refractivity contribution < 1.29 is 4.43 Å². The molecule has 100 valence electrons. The van der Waals surface area contributed by atoms with E-state index in [1.807, 2.05) is 6.08 Å². The largest absolute Gasteiger partial charge is 0.543 e. The molecule has 0 aliphatic rings. The highest BCUT2D eigenvalue weighted by molar-refractivity contribution is 6.77. The van der Waals surface area contributed by atoms with Gasteiger partial charge in [0.1, 0.15) is 0 Å². The summed E-state index contributed by atoms with van der Waals surface area (Å²) >= 11 is 0. The zero-order valence-electron chi connectivity index (χ0n) is 12.7. The maximum atomic E-state index is 6.38. The van der Waals surface area contributed by atoms with Crippen LogP contribution in [-0.2, 0) is 4.43 Å².